The van der Waals surface area contributed by atoms with E-state index in [1.165, 1.54) is 12.1 Å². The van der Waals surface area contributed by atoms with Crippen molar-refractivity contribution >= 4 is 5.91 Å². The number of hydrogen-bond donors (Lipinski definition) is 0. The molecule has 0 bridgehead atoms. The maximum atomic E-state index is 14.3. The predicted molar refractivity (Wildman–Crippen MR) is 85.8 cm³/mol. The van der Waals surface area contributed by atoms with E-state index in [-0.39, 0.29) is 30.7 Å². The van der Waals surface area contributed by atoms with E-state index < -0.39 is 5.92 Å². The van der Waals surface area contributed by atoms with Crippen LogP contribution in [-0.4, -0.2) is 30.5 Å². The molecular weight excluding hydrogens is 300 g/mol. The van der Waals surface area contributed by atoms with Crippen molar-refractivity contribution in [2.45, 2.75) is 51.4 Å². The number of rotatable bonds is 9. The summed E-state index contributed by atoms with van der Waals surface area (Å²) in [5, 5.41) is 0. The molecule has 0 aromatic heterocycles. The third-order valence-corrected chi connectivity index (χ3v) is 4.11. The normalized spacial score (nSPS) is 14.5. The van der Waals surface area contributed by atoms with Gasteiger partial charge in [0, 0.05) is 31.5 Å². The summed E-state index contributed by atoms with van der Waals surface area (Å²) < 4.78 is 34.1. The van der Waals surface area contributed by atoms with Crippen molar-refractivity contribution in [2.24, 2.45) is 0 Å². The molecule has 1 amide bonds. The Bertz CT molecular complexity index is 515. The van der Waals surface area contributed by atoms with Crippen LogP contribution in [0.3, 0.4) is 0 Å². The number of ether oxygens (including phenoxy) is 1. The molecule has 128 valence electrons. The van der Waals surface area contributed by atoms with Crippen molar-refractivity contribution in [3.05, 3.63) is 29.8 Å². The lowest BCUT2D eigenvalue weighted by Gasteiger charge is -2.31. The molecule has 5 heteroatoms. The lowest BCUT2D eigenvalue weighted by molar-refractivity contribution is -0.135. The van der Waals surface area contributed by atoms with Crippen LogP contribution in [0.2, 0.25) is 0 Å². The van der Waals surface area contributed by atoms with Crippen LogP contribution in [0, 0.1) is 0 Å². The zero-order valence-corrected chi connectivity index (χ0v) is 13.7. The van der Waals surface area contributed by atoms with Crippen LogP contribution in [0.1, 0.15) is 51.0 Å². The van der Waals surface area contributed by atoms with Crippen molar-refractivity contribution < 1.29 is 18.3 Å². The average molecular weight is 325 g/mol. The summed E-state index contributed by atoms with van der Waals surface area (Å²) in [4.78, 5) is 13.4. The molecule has 0 aliphatic carbocycles. The smallest absolute Gasteiger partial charge is 0.273 e. The summed E-state index contributed by atoms with van der Waals surface area (Å²) in [6, 6.07) is 6.12. The summed E-state index contributed by atoms with van der Waals surface area (Å²) in [5.41, 5.74) is -0.0390. The van der Waals surface area contributed by atoms with Gasteiger partial charge in [0.25, 0.3) is 5.92 Å². The first-order valence-corrected chi connectivity index (χ1v) is 8.42. The van der Waals surface area contributed by atoms with Crippen LogP contribution in [0.4, 0.5) is 8.78 Å². The standard InChI is InChI=1S/C18H25F2NO2/c1-2-3-13-23-16-8-4-7-15(14-16)18(19,20)10-5-9-17(22)21-11-6-12-21/h4,7-8,14H,2-3,5-6,9-13H2,1H3. The number of halogens is 2. The molecule has 2 rings (SSSR count). The van der Waals surface area contributed by atoms with Crippen LogP contribution in [0.25, 0.3) is 0 Å². The quantitative estimate of drug-likeness (QED) is 0.631. The van der Waals surface area contributed by atoms with E-state index in [4.69, 9.17) is 4.74 Å². The number of likely N-dealkylation sites (tertiary alicyclic amines) is 1. The Balaban J connectivity index is 1.84. The van der Waals surface area contributed by atoms with Gasteiger partial charge in [-0.25, -0.2) is 8.78 Å². The lowest BCUT2D eigenvalue weighted by atomic mass is 10.0. The van der Waals surface area contributed by atoms with Crippen LogP contribution >= 0.6 is 0 Å². The van der Waals surface area contributed by atoms with Gasteiger partial charge in [0.1, 0.15) is 5.75 Å². The maximum absolute atomic E-state index is 14.3. The van der Waals surface area contributed by atoms with Crippen LogP contribution < -0.4 is 4.74 Å². The van der Waals surface area contributed by atoms with Crippen molar-refractivity contribution in [3.63, 3.8) is 0 Å². The molecule has 0 N–H and O–H groups in total. The Kier molecular flexibility index (Phi) is 6.37. The molecule has 23 heavy (non-hydrogen) atoms. The minimum Gasteiger partial charge on any atom is -0.494 e. The molecule has 1 aromatic rings. The minimum absolute atomic E-state index is 0.0105. The second-order valence-electron chi connectivity index (χ2n) is 6.02. The number of carbonyl (C=O) groups excluding carboxylic acids is 1. The van der Waals surface area contributed by atoms with Crippen molar-refractivity contribution in [1.29, 1.82) is 0 Å². The highest BCUT2D eigenvalue weighted by Gasteiger charge is 2.32. The van der Waals surface area contributed by atoms with Crippen LogP contribution in [0.15, 0.2) is 24.3 Å². The largest absolute Gasteiger partial charge is 0.494 e. The van der Waals surface area contributed by atoms with Crippen LogP contribution in [0.5, 0.6) is 5.75 Å². The van der Waals surface area contributed by atoms with Crippen molar-refractivity contribution in [2.75, 3.05) is 19.7 Å². The first-order chi connectivity index (χ1) is 11.0. The summed E-state index contributed by atoms with van der Waals surface area (Å²) in [6.07, 6.45) is 3.00. The Morgan fingerprint density at radius 2 is 2.09 bits per heavy atom. The number of carbonyl (C=O) groups is 1. The van der Waals surface area contributed by atoms with E-state index in [1.54, 1.807) is 17.0 Å². The first kappa shape index (κ1) is 17.7. The maximum Gasteiger partial charge on any atom is 0.273 e. The summed E-state index contributed by atoms with van der Waals surface area (Å²) in [6.45, 7) is 4.13. The van der Waals surface area contributed by atoms with E-state index >= 15 is 0 Å². The molecule has 1 fully saturated rings. The molecule has 0 spiro atoms. The summed E-state index contributed by atoms with van der Waals surface area (Å²) >= 11 is 0. The average Bonchev–Trinajstić information content (AvgIpc) is 2.46. The molecule has 0 radical (unpaired) electrons. The number of nitrogens with zero attached hydrogens (tertiary/aromatic N) is 1. The third kappa shape index (κ3) is 5.19. The van der Waals surface area contributed by atoms with Gasteiger partial charge < -0.3 is 9.64 Å². The van der Waals surface area contributed by atoms with Gasteiger partial charge in [0.15, 0.2) is 0 Å². The van der Waals surface area contributed by atoms with E-state index in [9.17, 15) is 13.6 Å². The van der Waals surface area contributed by atoms with Gasteiger partial charge in [-0.1, -0.05) is 25.5 Å². The molecule has 3 nitrogen and oxygen atoms in total. The van der Waals surface area contributed by atoms with Gasteiger partial charge in [0.2, 0.25) is 5.91 Å². The zero-order valence-electron chi connectivity index (χ0n) is 13.7. The fourth-order valence-corrected chi connectivity index (χ4v) is 2.48. The highest BCUT2D eigenvalue weighted by Crippen LogP contribution is 2.35. The third-order valence-electron chi connectivity index (χ3n) is 4.11. The monoisotopic (exact) mass is 325 g/mol. The predicted octanol–water partition coefficient (Wildman–Crippen LogP) is 4.36. The number of benzene rings is 1. The second kappa shape index (κ2) is 8.27. The molecule has 0 saturated carbocycles. The Morgan fingerprint density at radius 3 is 2.74 bits per heavy atom. The molecule has 0 atom stereocenters. The van der Waals surface area contributed by atoms with Gasteiger partial charge in [-0.05, 0) is 31.4 Å². The fraction of sp³-hybridized carbons (Fsp3) is 0.611. The number of alkyl halides is 2. The van der Waals surface area contributed by atoms with Crippen molar-refractivity contribution in [3.8, 4) is 5.75 Å². The Morgan fingerprint density at radius 1 is 1.30 bits per heavy atom. The Hall–Kier alpha value is -1.65. The molecule has 1 aliphatic rings. The van der Waals surface area contributed by atoms with E-state index in [0.717, 1.165) is 32.4 Å². The molecule has 1 aromatic carbocycles. The molecular formula is C18H25F2NO2. The number of unbranched alkanes of at least 4 members (excludes halogenated alkanes) is 1. The highest BCUT2D eigenvalue weighted by molar-refractivity contribution is 5.76. The van der Waals surface area contributed by atoms with Gasteiger partial charge >= 0.3 is 0 Å². The first-order valence-electron chi connectivity index (χ1n) is 8.42. The Labute approximate surface area is 136 Å². The van der Waals surface area contributed by atoms with Gasteiger partial charge in [-0.15, -0.1) is 0 Å². The molecule has 1 aliphatic heterocycles. The van der Waals surface area contributed by atoms with Crippen LogP contribution in [-0.2, 0) is 10.7 Å². The van der Waals surface area contributed by atoms with E-state index in [0.29, 0.717) is 12.4 Å². The second-order valence-corrected chi connectivity index (χ2v) is 6.02. The number of hydrogen-bond acceptors (Lipinski definition) is 2. The number of amides is 1. The zero-order chi connectivity index (χ0) is 16.7. The van der Waals surface area contributed by atoms with E-state index in [2.05, 4.69) is 6.92 Å². The van der Waals surface area contributed by atoms with Gasteiger partial charge in [0.05, 0.1) is 6.61 Å². The summed E-state index contributed by atoms with van der Waals surface area (Å²) in [5.74, 6) is -2.46. The molecule has 1 saturated heterocycles. The van der Waals surface area contributed by atoms with Gasteiger partial charge in [-0.3, -0.25) is 4.79 Å². The fourth-order valence-electron chi connectivity index (χ4n) is 2.48. The van der Waals surface area contributed by atoms with Crippen molar-refractivity contribution in [1.82, 2.24) is 4.90 Å². The molecule has 0 unspecified atom stereocenters. The topological polar surface area (TPSA) is 29.5 Å². The minimum atomic E-state index is -2.93. The molecule has 1 heterocycles. The SMILES string of the molecule is CCCCOc1cccc(C(F)(F)CCCC(=O)N2CCC2)c1. The highest BCUT2D eigenvalue weighted by atomic mass is 19.3. The van der Waals surface area contributed by atoms with Gasteiger partial charge in [-0.2, -0.15) is 0 Å². The van der Waals surface area contributed by atoms with E-state index in [1.807, 2.05) is 0 Å². The lowest BCUT2D eigenvalue weighted by Crippen LogP contribution is -2.41. The summed E-state index contributed by atoms with van der Waals surface area (Å²) in [7, 11) is 0.